The molecule has 0 radical (unpaired) electrons. The van der Waals surface area contributed by atoms with E-state index in [2.05, 4.69) is 0 Å². The van der Waals surface area contributed by atoms with Gasteiger partial charge in [0, 0.05) is 13.1 Å². The number of unbranched alkanes of at least 4 members (excludes halogenated alkanes) is 9. The molecular weight excluding hydrogens is 584 g/mol. The van der Waals surface area contributed by atoms with Crippen LogP contribution in [-0.2, 0) is 41.2 Å². The largest absolute Gasteiger partial charge is 1.00 e. The predicted molar refractivity (Wildman–Crippen MR) is 98.4 cm³/mol. The maximum Gasteiger partial charge on any atom is 1.00 e. The first kappa shape index (κ1) is 47.4. The molecule has 0 aromatic heterocycles. The van der Waals surface area contributed by atoms with Gasteiger partial charge in [-0.3, -0.25) is 0 Å². The fraction of sp³-hybridized carbons (Fsp3) is 1.00. The molecule has 0 aliphatic heterocycles. The third-order valence-corrected chi connectivity index (χ3v) is 8.85. The van der Waals surface area contributed by atoms with Crippen molar-refractivity contribution in [2.75, 3.05) is 13.1 Å². The van der Waals surface area contributed by atoms with E-state index in [0.29, 0.717) is 25.7 Å². The summed E-state index contributed by atoms with van der Waals surface area (Å²) < 4.78 is 127. The van der Waals surface area contributed by atoms with Gasteiger partial charge >= 0.3 is 118 Å². The smallest absolute Gasteiger partial charge is 0.735 e. The summed E-state index contributed by atoms with van der Waals surface area (Å²) in [6.45, 7) is -1.40. The zero-order valence-corrected chi connectivity index (χ0v) is 31.2. The molecule has 0 rings (SSSR count). The van der Waals surface area contributed by atoms with Crippen molar-refractivity contribution in [3.63, 3.8) is 0 Å². The normalized spacial score (nSPS) is 12.3. The Morgan fingerprint density at radius 3 is 0.647 bits per heavy atom. The quantitative estimate of drug-likeness (QED) is 0.0850. The maximum absolute atomic E-state index is 10.7. The Balaban J connectivity index is -0.000000701. The Labute approximate surface area is 291 Å². The summed E-state index contributed by atoms with van der Waals surface area (Å²) in [6.07, 6.45) is 5.12. The summed E-state index contributed by atoms with van der Waals surface area (Å²) in [7, 11) is -21.5. The van der Waals surface area contributed by atoms with Crippen LogP contribution < -0.4 is 118 Å². The molecule has 0 heterocycles. The van der Waals surface area contributed by atoms with E-state index in [9.17, 15) is 51.9 Å². The van der Waals surface area contributed by atoms with Crippen LogP contribution in [0, 0.1) is 0 Å². The SMILES string of the molecule is O=S(=O)([O-])N(CCCCCCCCCCCCN(S(=O)(=O)[O-])S(=O)(=O)[O-])S(=O)(=O)[O-].[Na+].[Na+].[Na+].[Na+]. The van der Waals surface area contributed by atoms with Gasteiger partial charge in [-0.25, -0.2) is 33.7 Å². The van der Waals surface area contributed by atoms with E-state index in [1.807, 2.05) is 0 Å². The van der Waals surface area contributed by atoms with Crippen molar-refractivity contribution in [2.45, 2.75) is 64.2 Å². The molecular formula is C12H24N2Na4O12S4. The first-order chi connectivity index (χ1) is 13.5. The number of hydrogen-bond donors (Lipinski definition) is 0. The molecule has 0 N–H and O–H groups in total. The Kier molecular flexibility index (Phi) is 31.0. The number of rotatable bonds is 17. The molecule has 0 aliphatic carbocycles. The predicted octanol–water partition coefficient (Wildman–Crippen LogP) is -12.7. The molecule has 0 atom stereocenters. The van der Waals surface area contributed by atoms with E-state index in [4.69, 9.17) is 0 Å². The van der Waals surface area contributed by atoms with E-state index in [0.717, 1.165) is 25.7 Å². The molecule has 0 aliphatic rings. The minimum atomic E-state index is -5.38. The second-order valence-electron chi connectivity index (χ2n) is 6.36. The van der Waals surface area contributed by atoms with Gasteiger partial charge in [0.2, 0.25) is 0 Å². The van der Waals surface area contributed by atoms with E-state index in [1.165, 1.54) is 0 Å². The van der Waals surface area contributed by atoms with Gasteiger partial charge in [0.05, 0.1) is 0 Å². The zero-order chi connectivity index (χ0) is 23.6. The molecule has 0 bridgehead atoms. The average molecular weight is 609 g/mol. The Morgan fingerprint density at radius 2 is 0.500 bits per heavy atom. The van der Waals surface area contributed by atoms with E-state index in [1.54, 1.807) is 0 Å². The molecule has 14 nitrogen and oxygen atoms in total. The number of nitrogens with zero attached hydrogens (tertiary/aromatic N) is 2. The van der Waals surface area contributed by atoms with Crippen molar-refractivity contribution >= 4 is 41.2 Å². The van der Waals surface area contributed by atoms with E-state index in [-0.39, 0.29) is 131 Å². The first-order valence-electron chi connectivity index (χ1n) is 8.86. The van der Waals surface area contributed by atoms with Crippen LogP contribution in [-0.4, -0.2) is 72.4 Å². The van der Waals surface area contributed by atoms with Gasteiger partial charge in [-0.05, 0) is 12.8 Å². The molecule has 0 amide bonds. The Bertz CT molecular complexity index is 803. The van der Waals surface area contributed by atoms with Crippen molar-refractivity contribution in [2.24, 2.45) is 0 Å². The fourth-order valence-corrected chi connectivity index (χ4v) is 5.77. The monoisotopic (exact) mass is 608 g/mol. The van der Waals surface area contributed by atoms with Gasteiger partial charge in [0.1, 0.15) is 0 Å². The molecule has 0 saturated heterocycles. The van der Waals surface area contributed by atoms with Crippen molar-refractivity contribution in [1.82, 2.24) is 7.42 Å². The molecule has 34 heavy (non-hydrogen) atoms. The molecule has 0 aromatic rings. The minimum absolute atomic E-state index is 0. The molecule has 0 aromatic carbocycles. The Morgan fingerprint density at radius 1 is 0.353 bits per heavy atom. The van der Waals surface area contributed by atoms with Crippen LogP contribution in [0.1, 0.15) is 64.2 Å². The van der Waals surface area contributed by atoms with Crippen LogP contribution >= 0.6 is 0 Å². The first-order valence-corrected chi connectivity index (χ1v) is 14.3. The van der Waals surface area contributed by atoms with E-state index >= 15 is 0 Å². The molecule has 0 spiro atoms. The van der Waals surface area contributed by atoms with E-state index < -0.39 is 61.7 Å². The summed E-state index contributed by atoms with van der Waals surface area (Å²) in [6, 6.07) is 0. The summed E-state index contributed by atoms with van der Waals surface area (Å²) in [5.41, 5.74) is 0. The van der Waals surface area contributed by atoms with Crippen molar-refractivity contribution < 1.29 is 170 Å². The van der Waals surface area contributed by atoms with Crippen LogP contribution in [0.5, 0.6) is 0 Å². The van der Waals surface area contributed by atoms with Gasteiger partial charge in [-0.15, -0.1) is 7.42 Å². The molecule has 22 heteroatoms. The summed E-state index contributed by atoms with van der Waals surface area (Å²) >= 11 is 0. The van der Waals surface area contributed by atoms with Gasteiger partial charge < -0.3 is 18.2 Å². The summed E-state index contributed by atoms with van der Waals surface area (Å²) in [4.78, 5) is 0. The Hall–Kier alpha value is 3.56. The second-order valence-corrected chi connectivity index (χ2v) is 12.0. The maximum atomic E-state index is 10.7. The average Bonchev–Trinajstić information content (AvgIpc) is 2.50. The van der Waals surface area contributed by atoms with Gasteiger partial charge in [-0.2, -0.15) is 0 Å². The molecule has 0 fully saturated rings. The van der Waals surface area contributed by atoms with Crippen molar-refractivity contribution in [3.8, 4) is 0 Å². The minimum Gasteiger partial charge on any atom is -0.735 e. The van der Waals surface area contributed by atoms with Gasteiger partial charge in [0.25, 0.3) is 0 Å². The standard InChI is InChI=1S/C12H28N2O12S4.4Na/c15-27(16,17)13(28(18,19)20)11-9-7-5-3-1-2-4-6-8-10-12-14(29(21,22)23)30(24,25)26;;;;/h1-12H2,(H,15,16,17)(H,18,19,20)(H,21,22,23)(H,24,25,26);;;;/q;4*+1/p-4. The zero-order valence-electron chi connectivity index (χ0n) is 19.9. The topological polar surface area (TPSA) is 235 Å². The van der Waals surface area contributed by atoms with Gasteiger partial charge in [-0.1, -0.05) is 51.4 Å². The summed E-state index contributed by atoms with van der Waals surface area (Å²) in [5.74, 6) is 0. The van der Waals surface area contributed by atoms with Crippen molar-refractivity contribution in [1.29, 1.82) is 0 Å². The summed E-state index contributed by atoms with van der Waals surface area (Å²) in [5, 5.41) is 0. The third kappa shape index (κ3) is 23.4. The number of hydrogen-bond acceptors (Lipinski definition) is 12. The fourth-order valence-electron chi connectivity index (χ4n) is 2.57. The van der Waals surface area contributed by atoms with Crippen molar-refractivity contribution in [3.05, 3.63) is 0 Å². The van der Waals surface area contributed by atoms with Crippen LogP contribution in [0.4, 0.5) is 0 Å². The molecule has 0 unspecified atom stereocenters. The van der Waals surface area contributed by atoms with Crippen LogP contribution in [0.25, 0.3) is 0 Å². The van der Waals surface area contributed by atoms with Crippen LogP contribution in [0.15, 0.2) is 0 Å². The third-order valence-electron chi connectivity index (χ3n) is 3.93. The molecule has 0 saturated carbocycles. The van der Waals surface area contributed by atoms with Gasteiger partial charge in [0.15, 0.2) is 41.2 Å². The van der Waals surface area contributed by atoms with Crippen LogP contribution in [0.2, 0.25) is 0 Å². The second kappa shape index (κ2) is 22.3. The van der Waals surface area contributed by atoms with Crippen LogP contribution in [0.3, 0.4) is 0 Å². The molecule has 182 valence electrons.